The van der Waals surface area contributed by atoms with E-state index in [1.165, 1.54) is 24.3 Å². The van der Waals surface area contributed by atoms with Crippen LogP contribution in [0.3, 0.4) is 0 Å². The number of nitrogens with one attached hydrogen (secondary N) is 2. The molecule has 54 heavy (non-hydrogen) atoms. The minimum absolute atomic E-state index is 0.213. The summed E-state index contributed by atoms with van der Waals surface area (Å²) in [6.07, 6.45) is 3.66. The first-order valence-electron chi connectivity index (χ1n) is 19.0. The Hall–Kier alpha value is -1.39. The maximum Gasteiger partial charge on any atom is 0.145 e. The lowest BCUT2D eigenvalue weighted by molar-refractivity contribution is -0.124. The standard InChI is InChI=1S/C8H17N3O.2C8H16N2O.C6H13N3O.C6H11NOS2/c1-8(12)4-11-6-9(2)5-10(3)7-11;1-8(11)6-10-5-3-4-9(2)7-10;1-8(11)7-10-6-4-3-5-9(10)2;1-6(10)2-9-4-7-3-8-5-9;1-6(8)2-7-3-9-5-10-4-7/h4-7H2,1-3H3;2*3-7H2,1-2H3;7-8H,2-5H2,1H3;2-5H2,1H3. The molecule has 5 rings (SSSR count). The second-order valence-electron chi connectivity index (χ2n) is 15.0. The average molecular weight is 804 g/mol. The van der Waals surface area contributed by atoms with Crippen molar-refractivity contribution in [2.45, 2.75) is 53.9 Å². The molecule has 0 unspecified atom stereocenters. The fourth-order valence-corrected chi connectivity index (χ4v) is 8.44. The lowest BCUT2D eigenvalue weighted by Gasteiger charge is -2.38. The summed E-state index contributed by atoms with van der Waals surface area (Å²) in [6.45, 7) is 21.6. The van der Waals surface area contributed by atoms with E-state index in [4.69, 9.17) is 0 Å². The highest BCUT2D eigenvalue weighted by atomic mass is 32.2. The first-order valence-corrected chi connectivity index (χ1v) is 21.3. The molecular formula is C36H73N11O5S2. The lowest BCUT2D eigenvalue weighted by Crippen LogP contribution is -2.52. The molecule has 0 bridgehead atoms. The number of nitrogens with zero attached hydrogens (tertiary/aromatic N) is 9. The molecule has 0 spiro atoms. The molecule has 0 radical (unpaired) electrons. The minimum atomic E-state index is 0.213. The third-order valence-corrected chi connectivity index (χ3v) is 10.7. The maximum absolute atomic E-state index is 10.8. The Kier molecular flexibility index (Phi) is 27.9. The summed E-state index contributed by atoms with van der Waals surface area (Å²) in [7, 11) is 8.25. The molecule has 16 nitrogen and oxygen atoms in total. The van der Waals surface area contributed by atoms with E-state index in [0.717, 1.165) is 84.6 Å². The molecule has 18 heteroatoms. The van der Waals surface area contributed by atoms with Crippen LogP contribution in [-0.2, 0) is 24.0 Å². The van der Waals surface area contributed by atoms with Crippen LogP contribution < -0.4 is 10.6 Å². The van der Waals surface area contributed by atoms with Gasteiger partial charge in [-0.1, -0.05) is 0 Å². The van der Waals surface area contributed by atoms with Gasteiger partial charge in [-0.25, -0.2) is 10.0 Å². The number of thioether (sulfide) groups is 2. The Balaban J connectivity index is 0.000000338. The minimum Gasteiger partial charge on any atom is -0.299 e. The van der Waals surface area contributed by atoms with Crippen LogP contribution in [0.4, 0.5) is 0 Å². The van der Waals surface area contributed by atoms with Crippen molar-refractivity contribution in [2.75, 3.05) is 151 Å². The van der Waals surface area contributed by atoms with Crippen molar-refractivity contribution >= 4 is 52.4 Å². The van der Waals surface area contributed by atoms with Crippen LogP contribution in [0.1, 0.15) is 53.9 Å². The van der Waals surface area contributed by atoms with Crippen molar-refractivity contribution in [3.8, 4) is 0 Å². The highest BCUT2D eigenvalue weighted by Gasteiger charge is 2.19. The summed E-state index contributed by atoms with van der Waals surface area (Å²) < 4.78 is 0. The van der Waals surface area contributed by atoms with E-state index in [2.05, 4.69) is 71.2 Å². The van der Waals surface area contributed by atoms with E-state index >= 15 is 0 Å². The zero-order chi connectivity index (χ0) is 40.5. The number of ketones is 5. The molecule has 0 aliphatic carbocycles. The quantitative estimate of drug-likeness (QED) is 0.317. The molecular weight excluding hydrogens is 731 g/mol. The highest BCUT2D eigenvalue weighted by molar-refractivity contribution is 8.16. The molecule has 5 aliphatic rings. The van der Waals surface area contributed by atoms with Crippen LogP contribution in [-0.4, -0.2) is 224 Å². The molecule has 5 fully saturated rings. The Bertz CT molecular complexity index is 1060. The zero-order valence-electron chi connectivity index (χ0n) is 34.9. The topological polar surface area (TPSA) is 139 Å². The monoisotopic (exact) mass is 804 g/mol. The van der Waals surface area contributed by atoms with Crippen LogP contribution in [0, 0.1) is 0 Å². The van der Waals surface area contributed by atoms with Crippen LogP contribution in [0.25, 0.3) is 0 Å². The van der Waals surface area contributed by atoms with Crippen LogP contribution in [0.15, 0.2) is 0 Å². The van der Waals surface area contributed by atoms with Gasteiger partial charge in [0.2, 0.25) is 0 Å². The van der Waals surface area contributed by atoms with E-state index in [0.29, 0.717) is 32.7 Å². The largest absolute Gasteiger partial charge is 0.299 e. The van der Waals surface area contributed by atoms with Gasteiger partial charge in [-0.05, 0) is 75.0 Å². The van der Waals surface area contributed by atoms with Crippen molar-refractivity contribution in [1.29, 1.82) is 0 Å². The second-order valence-corrected chi connectivity index (χ2v) is 17.3. The predicted octanol–water partition coefficient (Wildman–Crippen LogP) is 0.488. The number of carbonyl (C=O) groups excluding carboxylic acids is 5. The number of hydrazine groups is 1. The van der Waals surface area contributed by atoms with Gasteiger partial charge in [-0.2, -0.15) is 0 Å². The van der Waals surface area contributed by atoms with Crippen molar-refractivity contribution in [2.24, 2.45) is 0 Å². The predicted molar refractivity (Wildman–Crippen MR) is 221 cm³/mol. The molecule has 0 atom stereocenters. The lowest BCUT2D eigenvalue weighted by atomic mass is 10.2. The summed E-state index contributed by atoms with van der Waals surface area (Å²) in [5.41, 5.74) is 0. The molecule has 0 aromatic rings. The Morgan fingerprint density at radius 1 is 0.481 bits per heavy atom. The number of hydrogen-bond acceptors (Lipinski definition) is 18. The average Bonchev–Trinajstić information content (AvgIpc) is 3.06. The van der Waals surface area contributed by atoms with Crippen LogP contribution in [0.2, 0.25) is 0 Å². The van der Waals surface area contributed by atoms with Crippen molar-refractivity contribution in [1.82, 2.24) is 55.0 Å². The molecule has 0 aromatic heterocycles. The molecule has 5 saturated heterocycles. The van der Waals surface area contributed by atoms with Gasteiger partial charge in [0.15, 0.2) is 0 Å². The number of carbonyl (C=O) groups is 5. The van der Waals surface area contributed by atoms with Crippen molar-refractivity contribution in [3.05, 3.63) is 0 Å². The summed E-state index contributed by atoms with van der Waals surface area (Å²) in [5.74, 6) is 3.27. The zero-order valence-corrected chi connectivity index (χ0v) is 36.6. The number of hydrogen-bond donors (Lipinski definition) is 2. The van der Waals surface area contributed by atoms with E-state index in [1.54, 1.807) is 34.6 Å². The molecule has 314 valence electrons. The van der Waals surface area contributed by atoms with E-state index in [1.807, 2.05) is 35.5 Å². The summed E-state index contributed by atoms with van der Waals surface area (Å²) >= 11 is 3.76. The Morgan fingerprint density at radius 2 is 0.944 bits per heavy atom. The molecule has 5 aliphatic heterocycles. The fraction of sp³-hybridized carbons (Fsp3) is 0.861. The van der Waals surface area contributed by atoms with Gasteiger partial charge < -0.3 is 0 Å². The van der Waals surface area contributed by atoms with Gasteiger partial charge in [0.25, 0.3) is 0 Å². The first kappa shape index (κ1) is 50.6. The van der Waals surface area contributed by atoms with E-state index < -0.39 is 0 Å². The van der Waals surface area contributed by atoms with Crippen molar-refractivity contribution < 1.29 is 24.0 Å². The smallest absolute Gasteiger partial charge is 0.145 e. The SMILES string of the molecule is CC(=O)CN1CCCCN1C.CC(=O)CN1CCCN(C)C1.CC(=O)CN1CN(C)CN(C)C1.CC(=O)CN1CNCNC1.CC(=O)CN1CSCSC1. The first-order chi connectivity index (χ1) is 25.5. The molecule has 2 N–H and O–H groups in total. The molecule has 0 saturated carbocycles. The molecule has 5 heterocycles. The Morgan fingerprint density at radius 3 is 1.44 bits per heavy atom. The van der Waals surface area contributed by atoms with Crippen LogP contribution >= 0.6 is 23.5 Å². The van der Waals surface area contributed by atoms with Gasteiger partial charge in [-0.15, -0.1) is 23.5 Å². The van der Waals surface area contributed by atoms with E-state index in [-0.39, 0.29) is 28.9 Å². The van der Waals surface area contributed by atoms with Gasteiger partial charge >= 0.3 is 0 Å². The van der Waals surface area contributed by atoms with Crippen LogP contribution in [0.5, 0.6) is 0 Å². The van der Waals surface area contributed by atoms with Gasteiger partial charge in [0, 0.05) is 56.7 Å². The third-order valence-electron chi connectivity index (χ3n) is 8.28. The van der Waals surface area contributed by atoms with Gasteiger partial charge in [-0.3, -0.25) is 68.9 Å². The summed E-state index contributed by atoms with van der Waals surface area (Å²) in [6, 6.07) is 0. The van der Waals surface area contributed by atoms with E-state index in [9.17, 15) is 24.0 Å². The second kappa shape index (κ2) is 29.8. The third kappa shape index (κ3) is 27.2. The normalized spacial score (nSPS) is 21.8. The maximum atomic E-state index is 10.8. The Labute approximate surface area is 334 Å². The fourth-order valence-electron chi connectivity index (χ4n) is 6.37. The van der Waals surface area contributed by atoms with Gasteiger partial charge in [0.05, 0.1) is 72.7 Å². The highest BCUT2D eigenvalue weighted by Crippen LogP contribution is 2.21. The van der Waals surface area contributed by atoms with Crippen molar-refractivity contribution in [3.63, 3.8) is 0 Å². The van der Waals surface area contributed by atoms with Gasteiger partial charge in [0.1, 0.15) is 28.9 Å². The summed E-state index contributed by atoms with van der Waals surface area (Å²) in [5, 5.41) is 11.6. The summed E-state index contributed by atoms with van der Waals surface area (Å²) in [4.78, 5) is 68.8. The number of rotatable bonds is 10. The number of Topliss-reactive ketones (excluding diaryl/α,β-unsaturated/α-hetero) is 5. The molecule has 0 aromatic carbocycles. The molecule has 0 amide bonds.